The summed E-state index contributed by atoms with van der Waals surface area (Å²) in [6, 6.07) is 2.54. The second-order valence-corrected chi connectivity index (χ2v) is 3.63. The van der Waals surface area contributed by atoms with E-state index in [4.69, 9.17) is 15.3 Å². The minimum absolute atomic E-state index is 0.335. The highest BCUT2D eigenvalue weighted by Crippen LogP contribution is 2.21. The number of ether oxygens (including phenoxy) is 2. The van der Waals surface area contributed by atoms with Gasteiger partial charge in [-0.2, -0.15) is 0 Å². The normalized spacial score (nSPS) is 13.0. The van der Waals surface area contributed by atoms with Crippen LogP contribution in [0.25, 0.3) is 0 Å². The highest BCUT2D eigenvalue weighted by molar-refractivity contribution is 5.22. The van der Waals surface area contributed by atoms with E-state index in [0.717, 1.165) is 6.07 Å². The van der Waals surface area contributed by atoms with Crippen LogP contribution >= 0.6 is 0 Å². The fourth-order valence-electron chi connectivity index (χ4n) is 1.66. The number of hydrogen-bond donors (Lipinski definition) is 2. The average molecular weight is 260 g/mol. The fraction of sp³-hybridized carbons (Fsp3) is 0.500. The maximum atomic E-state index is 13.2. The smallest absolute Gasteiger partial charge is 0.178 e. The van der Waals surface area contributed by atoms with Crippen molar-refractivity contribution in [3.05, 3.63) is 35.4 Å². The molecule has 1 aromatic rings. The van der Waals surface area contributed by atoms with Gasteiger partial charge in [-0.05, 0) is 31.5 Å². The number of hydrazine groups is 1. The van der Waals surface area contributed by atoms with Gasteiger partial charge >= 0.3 is 0 Å². The molecule has 0 spiro atoms. The standard InChI is InChI=1S/C12H18F2N2O2/c1-3-17-12(18-4-2)11(16-15)8-5-9(13)7-10(14)6-8/h5-7,11-12,16H,3-4,15H2,1-2H3. The van der Waals surface area contributed by atoms with E-state index in [1.807, 2.05) is 0 Å². The number of hydrogen-bond acceptors (Lipinski definition) is 4. The lowest BCUT2D eigenvalue weighted by atomic mass is 10.1. The molecule has 6 heteroatoms. The Labute approximate surface area is 105 Å². The fourth-order valence-corrected chi connectivity index (χ4v) is 1.66. The monoisotopic (exact) mass is 260 g/mol. The quantitative estimate of drug-likeness (QED) is 0.446. The summed E-state index contributed by atoms with van der Waals surface area (Å²) in [4.78, 5) is 0. The molecule has 18 heavy (non-hydrogen) atoms. The van der Waals surface area contributed by atoms with Crippen LogP contribution in [0.4, 0.5) is 8.78 Å². The van der Waals surface area contributed by atoms with E-state index in [9.17, 15) is 8.78 Å². The first-order valence-corrected chi connectivity index (χ1v) is 5.77. The number of nitrogens with two attached hydrogens (primary N) is 1. The number of nitrogens with one attached hydrogen (secondary N) is 1. The Bertz CT molecular complexity index is 351. The molecule has 1 aromatic carbocycles. The number of halogens is 2. The SMILES string of the molecule is CCOC(OCC)C(NN)c1cc(F)cc(F)c1. The number of rotatable bonds is 7. The van der Waals surface area contributed by atoms with Crippen LogP contribution < -0.4 is 11.3 Å². The Hall–Kier alpha value is -1.08. The van der Waals surface area contributed by atoms with Gasteiger partial charge in [-0.25, -0.2) is 14.2 Å². The Morgan fingerprint density at radius 3 is 2.00 bits per heavy atom. The van der Waals surface area contributed by atoms with Crippen LogP contribution in [0.2, 0.25) is 0 Å². The molecule has 4 nitrogen and oxygen atoms in total. The predicted molar refractivity (Wildman–Crippen MR) is 63.5 cm³/mol. The van der Waals surface area contributed by atoms with Crippen LogP contribution in [0.1, 0.15) is 25.5 Å². The maximum Gasteiger partial charge on any atom is 0.178 e. The van der Waals surface area contributed by atoms with Gasteiger partial charge in [0.1, 0.15) is 11.6 Å². The zero-order chi connectivity index (χ0) is 13.5. The van der Waals surface area contributed by atoms with E-state index >= 15 is 0 Å². The summed E-state index contributed by atoms with van der Waals surface area (Å²) < 4.78 is 37.1. The van der Waals surface area contributed by atoms with E-state index < -0.39 is 24.0 Å². The summed E-state index contributed by atoms with van der Waals surface area (Å²) in [5.41, 5.74) is 2.79. The van der Waals surface area contributed by atoms with Gasteiger partial charge in [0.15, 0.2) is 6.29 Å². The van der Waals surface area contributed by atoms with Crippen molar-refractivity contribution in [1.82, 2.24) is 5.43 Å². The lowest BCUT2D eigenvalue weighted by Crippen LogP contribution is -2.39. The Morgan fingerprint density at radius 1 is 1.11 bits per heavy atom. The van der Waals surface area contributed by atoms with Crippen molar-refractivity contribution < 1.29 is 18.3 Å². The molecule has 1 atom stereocenters. The lowest BCUT2D eigenvalue weighted by Gasteiger charge is -2.26. The first kappa shape index (κ1) is 15.0. The van der Waals surface area contributed by atoms with Gasteiger partial charge in [0.25, 0.3) is 0 Å². The van der Waals surface area contributed by atoms with Gasteiger partial charge < -0.3 is 9.47 Å². The molecular formula is C12H18F2N2O2. The Balaban J connectivity index is 2.97. The summed E-state index contributed by atoms with van der Waals surface area (Å²) in [5, 5.41) is 0. The van der Waals surface area contributed by atoms with Crippen molar-refractivity contribution >= 4 is 0 Å². The van der Waals surface area contributed by atoms with E-state index in [-0.39, 0.29) is 0 Å². The van der Waals surface area contributed by atoms with Gasteiger partial charge in [0.05, 0.1) is 6.04 Å². The maximum absolute atomic E-state index is 13.2. The summed E-state index contributed by atoms with van der Waals surface area (Å²) in [5.74, 6) is 4.07. The second-order valence-electron chi connectivity index (χ2n) is 3.63. The molecule has 1 unspecified atom stereocenters. The summed E-state index contributed by atoms with van der Waals surface area (Å²) >= 11 is 0. The highest BCUT2D eigenvalue weighted by Gasteiger charge is 2.24. The summed E-state index contributed by atoms with van der Waals surface area (Å²) in [7, 11) is 0. The molecule has 102 valence electrons. The molecule has 0 bridgehead atoms. The van der Waals surface area contributed by atoms with Crippen LogP contribution in [-0.4, -0.2) is 19.5 Å². The molecule has 3 N–H and O–H groups in total. The Morgan fingerprint density at radius 2 is 1.61 bits per heavy atom. The molecule has 0 aliphatic carbocycles. The van der Waals surface area contributed by atoms with Gasteiger partial charge in [0.2, 0.25) is 0 Å². The molecule has 0 saturated carbocycles. The van der Waals surface area contributed by atoms with Gasteiger partial charge in [0, 0.05) is 19.3 Å². The van der Waals surface area contributed by atoms with Crippen molar-refractivity contribution in [1.29, 1.82) is 0 Å². The average Bonchev–Trinajstić information content (AvgIpc) is 2.29. The largest absolute Gasteiger partial charge is 0.351 e. The molecule has 0 saturated heterocycles. The van der Waals surface area contributed by atoms with Crippen molar-refractivity contribution in [2.75, 3.05) is 13.2 Å². The van der Waals surface area contributed by atoms with Crippen LogP contribution in [0, 0.1) is 11.6 Å². The minimum Gasteiger partial charge on any atom is -0.351 e. The van der Waals surface area contributed by atoms with Gasteiger partial charge in [-0.15, -0.1) is 0 Å². The van der Waals surface area contributed by atoms with Gasteiger partial charge in [-0.1, -0.05) is 0 Å². The summed E-state index contributed by atoms with van der Waals surface area (Å²) in [6.45, 7) is 4.40. The lowest BCUT2D eigenvalue weighted by molar-refractivity contribution is -0.155. The van der Waals surface area contributed by atoms with Crippen molar-refractivity contribution in [3.63, 3.8) is 0 Å². The molecule has 0 aliphatic rings. The first-order chi connectivity index (χ1) is 8.62. The number of benzene rings is 1. The molecule has 0 aromatic heterocycles. The van der Waals surface area contributed by atoms with Gasteiger partial charge in [-0.3, -0.25) is 5.84 Å². The second kappa shape index (κ2) is 7.38. The van der Waals surface area contributed by atoms with E-state index in [2.05, 4.69) is 5.43 Å². The topological polar surface area (TPSA) is 56.5 Å². The molecule has 0 heterocycles. The molecular weight excluding hydrogens is 242 g/mol. The highest BCUT2D eigenvalue weighted by atomic mass is 19.1. The predicted octanol–water partition coefficient (Wildman–Crippen LogP) is 1.87. The van der Waals surface area contributed by atoms with E-state index in [1.165, 1.54) is 12.1 Å². The first-order valence-electron chi connectivity index (χ1n) is 5.77. The third-order valence-electron chi connectivity index (χ3n) is 2.36. The zero-order valence-corrected chi connectivity index (χ0v) is 10.5. The van der Waals surface area contributed by atoms with Crippen LogP contribution in [0.15, 0.2) is 18.2 Å². The molecule has 1 rings (SSSR count). The third-order valence-corrected chi connectivity index (χ3v) is 2.36. The van der Waals surface area contributed by atoms with Crippen LogP contribution in [0.3, 0.4) is 0 Å². The molecule has 0 radical (unpaired) electrons. The zero-order valence-electron chi connectivity index (χ0n) is 10.5. The summed E-state index contributed by atoms with van der Waals surface area (Å²) in [6.07, 6.45) is -0.703. The molecule has 0 amide bonds. The van der Waals surface area contributed by atoms with Crippen molar-refractivity contribution in [2.24, 2.45) is 5.84 Å². The minimum atomic E-state index is -0.703. The molecule has 0 aliphatic heterocycles. The van der Waals surface area contributed by atoms with Crippen LogP contribution in [-0.2, 0) is 9.47 Å². The van der Waals surface area contributed by atoms with Crippen LogP contribution in [0.5, 0.6) is 0 Å². The van der Waals surface area contributed by atoms with Crippen molar-refractivity contribution in [3.8, 4) is 0 Å². The molecule has 0 fully saturated rings. The van der Waals surface area contributed by atoms with E-state index in [0.29, 0.717) is 18.8 Å². The van der Waals surface area contributed by atoms with Crippen molar-refractivity contribution in [2.45, 2.75) is 26.2 Å². The van der Waals surface area contributed by atoms with E-state index in [1.54, 1.807) is 13.8 Å². The third kappa shape index (κ3) is 3.99. The Kier molecular flexibility index (Phi) is 6.14.